The number of hydrazone groups is 1. The summed E-state index contributed by atoms with van der Waals surface area (Å²) < 4.78 is 5.22. The maximum Gasteiger partial charge on any atom is 0.303 e. The van der Waals surface area contributed by atoms with E-state index in [1.807, 2.05) is 55.5 Å². The number of ether oxygens (including phenoxy) is 1. The third-order valence-corrected chi connectivity index (χ3v) is 6.02. The van der Waals surface area contributed by atoms with Gasteiger partial charge in [-0.05, 0) is 66.4 Å². The lowest BCUT2D eigenvalue weighted by molar-refractivity contribution is -0.141. The number of carbonyl (C=O) groups is 2. The molecule has 1 aromatic heterocycles. The summed E-state index contributed by atoms with van der Waals surface area (Å²) in [5.74, 6) is -0.616. The zero-order valence-corrected chi connectivity index (χ0v) is 19.2. The Morgan fingerprint density at radius 3 is 2.61 bits per heavy atom. The number of benzene rings is 2. The van der Waals surface area contributed by atoms with Gasteiger partial charge >= 0.3 is 5.97 Å². The predicted octanol–water partition coefficient (Wildman–Crippen LogP) is 4.62. The predicted molar refractivity (Wildman–Crippen MR) is 127 cm³/mol. The number of aryl methyl sites for hydroxylation is 1. The van der Waals surface area contributed by atoms with Crippen molar-refractivity contribution >= 4 is 40.1 Å². The van der Waals surface area contributed by atoms with E-state index in [0.717, 1.165) is 39.1 Å². The van der Waals surface area contributed by atoms with E-state index in [0.29, 0.717) is 18.0 Å². The number of fused-ring (bicyclic) bond motifs is 1. The van der Waals surface area contributed by atoms with Crippen molar-refractivity contribution in [2.75, 3.05) is 7.11 Å². The summed E-state index contributed by atoms with van der Waals surface area (Å²) in [5.41, 5.74) is 4.38. The highest BCUT2D eigenvalue weighted by Gasteiger charge is 2.32. The number of amides is 1. The molecule has 4 rings (SSSR count). The number of carboxylic acid groups (broad SMARTS) is 1. The number of rotatable bonds is 7. The molecule has 2 heterocycles. The largest absolute Gasteiger partial charge is 0.497 e. The molecule has 1 amide bonds. The van der Waals surface area contributed by atoms with Crippen molar-refractivity contribution in [3.63, 3.8) is 0 Å². The van der Waals surface area contributed by atoms with Gasteiger partial charge in [-0.2, -0.15) is 5.10 Å². The molecular formula is C25H24ClN3O4. The number of carbonyl (C=O) groups excluding carboxylic acids is 1. The third kappa shape index (κ3) is 5.14. The highest BCUT2D eigenvalue weighted by atomic mass is 35.5. The van der Waals surface area contributed by atoms with Gasteiger partial charge in [0.25, 0.3) is 0 Å². The molecule has 7 nitrogen and oxygen atoms in total. The number of halogens is 1. The van der Waals surface area contributed by atoms with Crippen molar-refractivity contribution in [1.82, 2.24) is 9.99 Å². The van der Waals surface area contributed by atoms with Crippen LogP contribution < -0.4 is 4.74 Å². The zero-order valence-electron chi connectivity index (χ0n) is 18.4. The Labute approximate surface area is 196 Å². The SMILES string of the molecule is COc1ccc(C2=NN(C(=O)CCC(=O)O)C(Cc3cc4ccc(C)cc4nc3Cl)C2)cc1. The molecule has 170 valence electrons. The van der Waals surface area contributed by atoms with Gasteiger partial charge in [-0.15, -0.1) is 0 Å². The minimum atomic E-state index is -1.02. The van der Waals surface area contributed by atoms with Gasteiger partial charge in [0.15, 0.2) is 0 Å². The van der Waals surface area contributed by atoms with Crippen LogP contribution in [-0.4, -0.2) is 45.8 Å². The lowest BCUT2D eigenvalue weighted by atomic mass is 9.98. The molecule has 0 saturated heterocycles. The lowest BCUT2D eigenvalue weighted by Crippen LogP contribution is -2.34. The van der Waals surface area contributed by atoms with Crippen LogP contribution in [0.4, 0.5) is 0 Å². The number of nitrogens with zero attached hydrogens (tertiary/aromatic N) is 3. The maximum absolute atomic E-state index is 12.8. The molecule has 1 aliphatic heterocycles. The topological polar surface area (TPSA) is 92.1 Å². The summed E-state index contributed by atoms with van der Waals surface area (Å²) in [6.07, 6.45) is 0.617. The minimum Gasteiger partial charge on any atom is -0.497 e. The molecule has 33 heavy (non-hydrogen) atoms. The second kappa shape index (κ2) is 9.58. The van der Waals surface area contributed by atoms with Gasteiger partial charge in [-0.3, -0.25) is 9.59 Å². The second-order valence-electron chi connectivity index (χ2n) is 8.10. The van der Waals surface area contributed by atoms with Crippen molar-refractivity contribution in [3.05, 3.63) is 70.4 Å². The van der Waals surface area contributed by atoms with Crippen LogP contribution in [0.1, 0.15) is 36.0 Å². The average molecular weight is 466 g/mol. The van der Waals surface area contributed by atoms with Crippen molar-refractivity contribution in [3.8, 4) is 5.75 Å². The number of carboxylic acids is 1. The van der Waals surface area contributed by atoms with Crippen LogP contribution in [0.15, 0.2) is 53.6 Å². The normalized spacial score (nSPS) is 15.5. The van der Waals surface area contributed by atoms with E-state index < -0.39 is 5.97 Å². The first-order chi connectivity index (χ1) is 15.8. The first-order valence-electron chi connectivity index (χ1n) is 10.7. The van der Waals surface area contributed by atoms with Crippen LogP contribution in [-0.2, 0) is 16.0 Å². The van der Waals surface area contributed by atoms with Crippen LogP contribution in [0.3, 0.4) is 0 Å². The van der Waals surface area contributed by atoms with Gasteiger partial charge in [0.05, 0.1) is 30.8 Å². The molecule has 3 aromatic rings. The molecule has 0 saturated carbocycles. The molecule has 0 spiro atoms. The van der Waals surface area contributed by atoms with E-state index in [1.54, 1.807) is 7.11 Å². The fraction of sp³-hybridized carbons (Fsp3) is 0.280. The number of methoxy groups -OCH3 is 1. The quantitative estimate of drug-likeness (QED) is 0.514. The lowest BCUT2D eigenvalue weighted by Gasteiger charge is -2.22. The van der Waals surface area contributed by atoms with Crippen molar-refractivity contribution in [2.24, 2.45) is 5.10 Å². The smallest absolute Gasteiger partial charge is 0.303 e. The van der Waals surface area contributed by atoms with Crippen LogP contribution in [0.25, 0.3) is 10.9 Å². The van der Waals surface area contributed by atoms with E-state index in [9.17, 15) is 9.59 Å². The Kier molecular flexibility index (Phi) is 6.60. The van der Waals surface area contributed by atoms with Gasteiger partial charge in [0.1, 0.15) is 10.9 Å². The average Bonchev–Trinajstić information content (AvgIpc) is 3.22. The number of hydrogen-bond donors (Lipinski definition) is 1. The molecule has 0 aliphatic carbocycles. The first kappa shape index (κ1) is 22.7. The van der Waals surface area contributed by atoms with Gasteiger partial charge < -0.3 is 9.84 Å². The molecule has 1 N–H and O–H groups in total. The number of aromatic nitrogens is 1. The number of aliphatic carboxylic acids is 1. The molecule has 0 bridgehead atoms. The van der Waals surface area contributed by atoms with E-state index in [4.69, 9.17) is 21.4 Å². The summed E-state index contributed by atoms with van der Waals surface area (Å²) in [6.45, 7) is 2.00. The molecule has 2 aromatic carbocycles. The van der Waals surface area contributed by atoms with E-state index >= 15 is 0 Å². The summed E-state index contributed by atoms with van der Waals surface area (Å²) >= 11 is 6.51. The van der Waals surface area contributed by atoms with Crippen LogP contribution in [0.2, 0.25) is 5.15 Å². The van der Waals surface area contributed by atoms with Crippen LogP contribution in [0, 0.1) is 6.92 Å². The summed E-state index contributed by atoms with van der Waals surface area (Å²) in [7, 11) is 1.60. The fourth-order valence-electron chi connectivity index (χ4n) is 3.96. The molecular weight excluding hydrogens is 442 g/mol. The molecule has 1 unspecified atom stereocenters. The molecule has 0 fully saturated rings. The van der Waals surface area contributed by atoms with Gasteiger partial charge in [0, 0.05) is 18.2 Å². The Morgan fingerprint density at radius 1 is 1.15 bits per heavy atom. The maximum atomic E-state index is 12.8. The van der Waals surface area contributed by atoms with Crippen molar-refractivity contribution in [2.45, 2.75) is 38.6 Å². The molecule has 8 heteroatoms. The first-order valence-corrected chi connectivity index (χ1v) is 11.0. The van der Waals surface area contributed by atoms with Crippen molar-refractivity contribution < 1.29 is 19.4 Å². The Hall–Kier alpha value is -3.45. The van der Waals surface area contributed by atoms with E-state index in [-0.39, 0.29) is 24.8 Å². The van der Waals surface area contributed by atoms with Gasteiger partial charge in [0.2, 0.25) is 5.91 Å². The highest BCUT2D eigenvalue weighted by Crippen LogP contribution is 2.29. The van der Waals surface area contributed by atoms with E-state index in [1.165, 1.54) is 5.01 Å². The Morgan fingerprint density at radius 2 is 1.91 bits per heavy atom. The monoisotopic (exact) mass is 465 g/mol. The second-order valence-corrected chi connectivity index (χ2v) is 8.46. The van der Waals surface area contributed by atoms with Crippen LogP contribution >= 0.6 is 11.6 Å². The molecule has 1 atom stereocenters. The van der Waals surface area contributed by atoms with Crippen LogP contribution in [0.5, 0.6) is 5.75 Å². The molecule has 1 aliphatic rings. The van der Waals surface area contributed by atoms with Crippen molar-refractivity contribution in [1.29, 1.82) is 0 Å². The van der Waals surface area contributed by atoms with Gasteiger partial charge in [-0.25, -0.2) is 9.99 Å². The van der Waals surface area contributed by atoms with Gasteiger partial charge in [-0.1, -0.05) is 23.7 Å². The summed E-state index contributed by atoms with van der Waals surface area (Å²) in [5, 5.41) is 16.4. The van der Waals surface area contributed by atoms with E-state index in [2.05, 4.69) is 10.1 Å². The zero-order chi connectivity index (χ0) is 23.5. The third-order valence-electron chi connectivity index (χ3n) is 5.69. The summed E-state index contributed by atoms with van der Waals surface area (Å²) in [4.78, 5) is 28.4. The molecule has 0 radical (unpaired) electrons. The fourth-order valence-corrected chi connectivity index (χ4v) is 4.18. The minimum absolute atomic E-state index is 0.117. The number of pyridine rings is 1. The highest BCUT2D eigenvalue weighted by molar-refractivity contribution is 6.30. The Bertz CT molecular complexity index is 1240. The number of hydrogen-bond acceptors (Lipinski definition) is 5. The Balaban J connectivity index is 1.62. The standard InChI is InChI=1S/C25H24ClN3O4/c1-15-3-4-17-12-18(25(26)27-21(17)11-15)13-19-14-22(16-5-7-20(33-2)8-6-16)28-29(19)23(30)9-10-24(31)32/h3-8,11-12,19H,9-10,13-14H2,1-2H3,(H,31,32). The summed E-state index contributed by atoms with van der Waals surface area (Å²) in [6, 6.07) is 15.2.